The quantitative estimate of drug-likeness (QED) is 0.749. The molecule has 0 saturated heterocycles. The minimum absolute atomic E-state index is 0.264. The highest BCUT2D eigenvalue weighted by Crippen LogP contribution is 2.34. The highest BCUT2D eigenvalue weighted by atomic mass is 32.2. The van der Waals surface area contributed by atoms with Gasteiger partial charge in [-0.15, -0.1) is 0 Å². The molecule has 0 aliphatic carbocycles. The Morgan fingerprint density at radius 3 is 3.19 bits per heavy atom. The first-order valence-corrected chi connectivity index (χ1v) is 5.96. The van der Waals surface area contributed by atoms with E-state index < -0.39 is 0 Å². The van der Waals surface area contributed by atoms with Crippen LogP contribution in [0.1, 0.15) is 12.0 Å². The Kier molecular flexibility index (Phi) is 2.21. The van der Waals surface area contributed by atoms with Gasteiger partial charge in [-0.1, -0.05) is 6.07 Å². The second kappa shape index (κ2) is 3.59. The molecule has 0 saturated carbocycles. The van der Waals surface area contributed by atoms with Gasteiger partial charge in [0.1, 0.15) is 11.7 Å². The zero-order valence-electron chi connectivity index (χ0n) is 8.53. The molecule has 0 bridgehead atoms. The zero-order valence-corrected chi connectivity index (χ0v) is 9.35. The Morgan fingerprint density at radius 1 is 1.44 bits per heavy atom. The monoisotopic (exact) mass is 235 g/mol. The maximum absolute atomic E-state index is 13.6. The van der Waals surface area contributed by atoms with Crippen molar-refractivity contribution in [3.8, 4) is 0 Å². The van der Waals surface area contributed by atoms with Crippen molar-refractivity contribution in [3.05, 3.63) is 29.6 Å². The third-order valence-corrected chi connectivity index (χ3v) is 3.74. The van der Waals surface area contributed by atoms with Gasteiger partial charge >= 0.3 is 0 Å². The fraction of sp³-hybridized carbons (Fsp3) is 0.273. The highest BCUT2D eigenvalue weighted by Gasteiger charge is 2.30. The summed E-state index contributed by atoms with van der Waals surface area (Å²) in [5.74, 6) is 0.490. The summed E-state index contributed by atoms with van der Waals surface area (Å²) < 4.78 is 13.6. The van der Waals surface area contributed by atoms with Gasteiger partial charge in [0.05, 0.1) is 4.90 Å². The second-order valence-electron chi connectivity index (χ2n) is 3.73. The molecule has 1 aromatic rings. The molecule has 0 atom stereocenters. The van der Waals surface area contributed by atoms with Gasteiger partial charge in [0.25, 0.3) is 0 Å². The predicted molar refractivity (Wildman–Crippen MR) is 62.7 cm³/mol. The van der Waals surface area contributed by atoms with Crippen molar-refractivity contribution in [1.29, 1.82) is 5.41 Å². The summed E-state index contributed by atoms with van der Waals surface area (Å²) in [6, 6.07) is 4.99. The summed E-state index contributed by atoms with van der Waals surface area (Å²) in [7, 11) is 0. The van der Waals surface area contributed by atoms with Crippen LogP contribution in [0.3, 0.4) is 0 Å². The summed E-state index contributed by atoms with van der Waals surface area (Å²) in [5, 5.41) is 8.25. The third kappa shape index (κ3) is 1.35. The van der Waals surface area contributed by atoms with E-state index in [0.717, 1.165) is 30.9 Å². The van der Waals surface area contributed by atoms with Crippen LogP contribution >= 0.6 is 11.8 Å². The molecular weight excluding hydrogens is 225 g/mol. The van der Waals surface area contributed by atoms with E-state index in [1.54, 1.807) is 6.07 Å². The number of aliphatic imine (C=N–C) groups is 1. The summed E-state index contributed by atoms with van der Waals surface area (Å²) >= 11 is 1.18. The third-order valence-electron chi connectivity index (χ3n) is 2.71. The number of hydrogen-bond donors (Lipinski definition) is 1. The van der Waals surface area contributed by atoms with Crippen molar-refractivity contribution in [1.82, 2.24) is 4.90 Å². The fourth-order valence-electron chi connectivity index (χ4n) is 1.97. The van der Waals surface area contributed by atoms with Crippen molar-refractivity contribution >= 4 is 22.8 Å². The van der Waals surface area contributed by atoms with E-state index in [2.05, 4.69) is 4.99 Å². The number of benzene rings is 1. The molecule has 16 heavy (non-hydrogen) atoms. The van der Waals surface area contributed by atoms with Crippen molar-refractivity contribution in [2.45, 2.75) is 11.3 Å². The summed E-state index contributed by atoms with van der Waals surface area (Å²) in [6.07, 6.45) is 0.955. The van der Waals surface area contributed by atoms with E-state index in [1.165, 1.54) is 17.8 Å². The van der Waals surface area contributed by atoms with Crippen molar-refractivity contribution < 1.29 is 4.39 Å². The van der Waals surface area contributed by atoms with E-state index in [0.29, 0.717) is 10.1 Å². The molecule has 0 radical (unpaired) electrons. The van der Waals surface area contributed by atoms with Gasteiger partial charge in [-0.2, -0.15) is 0 Å². The predicted octanol–water partition coefficient (Wildman–Crippen LogP) is 2.32. The van der Waals surface area contributed by atoms with Gasteiger partial charge in [-0.3, -0.25) is 10.4 Å². The highest BCUT2D eigenvalue weighted by molar-refractivity contribution is 8.14. The lowest BCUT2D eigenvalue weighted by molar-refractivity contribution is 0.546. The molecule has 0 amide bonds. The molecule has 1 aromatic carbocycles. The molecular formula is C11H10FN3S. The topological polar surface area (TPSA) is 39.5 Å². The Labute approximate surface area is 96.9 Å². The van der Waals surface area contributed by atoms with Crippen LogP contribution in [0, 0.1) is 11.2 Å². The molecule has 3 nitrogen and oxygen atoms in total. The molecule has 2 aliphatic rings. The van der Waals surface area contributed by atoms with Gasteiger partial charge in [0, 0.05) is 18.7 Å². The van der Waals surface area contributed by atoms with Crippen LogP contribution in [0.5, 0.6) is 0 Å². The number of nitrogens with zero attached hydrogens (tertiary/aromatic N) is 2. The van der Waals surface area contributed by atoms with Crippen LogP contribution in [-0.2, 0) is 0 Å². The molecule has 82 valence electrons. The molecule has 3 rings (SSSR count). The lowest BCUT2D eigenvalue weighted by Crippen LogP contribution is -2.42. The molecule has 2 aliphatic heterocycles. The molecule has 0 spiro atoms. The Bertz CT molecular complexity index is 498. The Balaban J connectivity index is 2.20. The van der Waals surface area contributed by atoms with Gasteiger partial charge in [-0.05, 0) is 30.3 Å². The Morgan fingerprint density at radius 2 is 2.31 bits per heavy atom. The van der Waals surface area contributed by atoms with Crippen LogP contribution in [0.4, 0.5) is 4.39 Å². The average Bonchev–Trinajstić information content (AvgIpc) is 2.31. The molecule has 0 unspecified atom stereocenters. The lowest BCUT2D eigenvalue weighted by Gasteiger charge is -2.33. The van der Waals surface area contributed by atoms with E-state index in [9.17, 15) is 4.39 Å². The van der Waals surface area contributed by atoms with Gasteiger partial charge in [0.15, 0.2) is 5.17 Å². The van der Waals surface area contributed by atoms with Crippen LogP contribution in [0.25, 0.3) is 0 Å². The van der Waals surface area contributed by atoms with Crippen LogP contribution in [-0.4, -0.2) is 29.0 Å². The first-order valence-electron chi connectivity index (χ1n) is 5.14. The fourth-order valence-corrected chi connectivity index (χ4v) is 2.89. The Hall–Kier alpha value is -1.36. The first-order chi connectivity index (χ1) is 7.77. The summed E-state index contributed by atoms with van der Waals surface area (Å²) in [4.78, 5) is 6.80. The smallest absolute Gasteiger partial charge is 0.167 e. The molecule has 5 heteroatoms. The van der Waals surface area contributed by atoms with Crippen LogP contribution in [0.2, 0.25) is 0 Å². The van der Waals surface area contributed by atoms with E-state index >= 15 is 0 Å². The van der Waals surface area contributed by atoms with E-state index in [-0.39, 0.29) is 5.82 Å². The van der Waals surface area contributed by atoms with Crippen molar-refractivity contribution in [2.75, 3.05) is 13.1 Å². The average molecular weight is 235 g/mol. The lowest BCUT2D eigenvalue weighted by atomic mass is 10.1. The maximum Gasteiger partial charge on any atom is 0.167 e. The number of nitrogens with one attached hydrogen (secondary N) is 1. The summed E-state index contributed by atoms with van der Waals surface area (Å²) in [5.41, 5.74) is 0.820. The molecule has 0 fully saturated rings. The minimum Gasteiger partial charge on any atom is -0.305 e. The van der Waals surface area contributed by atoms with Crippen LogP contribution < -0.4 is 0 Å². The number of rotatable bonds is 0. The summed E-state index contributed by atoms with van der Waals surface area (Å²) in [6.45, 7) is 1.57. The second-order valence-corrected chi connectivity index (χ2v) is 4.73. The maximum atomic E-state index is 13.6. The first kappa shape index (κ1) is 9.84. The number of fused-ring (bicyclic) bond motifs is 3. The van der Waals surface area contributed by atoms with Crippen molar-refractivity contribution in [3.63, 3.8) is 0 Å². The van der Waals surface area contributed by atoms with Crippen LogP contribution in [0.15, 0.2) is 28.1 Å². The van der Waals surface area contributed by atoms with Gasteiger partial charge in [-0.25, -0.2) is 4.39 Å². The van der Waals surface area contributed by atoms with E-state index in [4.69, 9.17) is 5.41 Å². The number of hydrogen-bond acceptors (Lipinski definition) is 3. The molecule has 1 N–H and O–H groups in total. The van der Waals surface area contributed by atoms with Gasteiger partial charge < -0.3 is 4.90 Å². The largest absolute Gasteiger partial charge is 0.305 e. The number of thioether (sulfide) groups is 1. The van der Waals surface area contributed by atoms with Crippen molar-refractivity contribution in [2.24, 2.45) is 4.99 Å². The van der Waals surface area contributed by atoms with Gasteiger partial charge in [0.2, 0.25) is 0 Å². The standard InChI is InChI=1S/C11H10FN3S/c12-8-4-1-3-7-9(8)16-11(13)15-6-2-5-14-10(7)15/h1,3-4,13H,2,5-6H2. The molecule has 0 aromatic heterocycles. The SMILES string of the molecule is N=C1Sc2c(F)cccc2C2=NCCCN12. The van der Waals surface area contributed by atoms with E-state index in [1.807, 2.05) is 11.0 Å². The molecule has 2 heterocycles. The normalized spacial score (nSPS) is 18.9. The minimum atomic E-state index is -0.264. The zero-order chi connectivity index (χ0) is 11.1. The number of halogens is 1. The number of amidine groups is 2.